The van der Waals surface area contributed by atoms with Gasteiger partial charge < -0.3 is 28.4 Å². The fraction of sp³-hybridized carbons (Fsp3) is 0.455. The quantitative estimate of drug-likeness (QED) is 0.0514. The van der Waals surface area contributed by atoms with Crippen LogP contribution in [0.1, 0.15) is 61.6 Å². The molecule has 0 bridgehead atoms. The normalized spacial score (nSPS) is 28.0. The fourth-order valence-corrected chi connectivity index (χ4v) is 13.7. The molecule has 3 aromatic carbocycles. The zero-order valence-electron chi connectivity index (χ0n) is 34.3. The third kappa shape index (κ3) is 8.78. The number of benzene rings is 3. The van der Waals surface area contributed by atoms with Crippen LogP contribution >= 0.6 is 18.2 Å². The van der Waals surface area contributed by atoms with Crippen LogP contribution in [0.25, 0.3) is 0 Å². The number of aromatic nitrogens is 2. The van der Waals surface area contributed by atoms with Gasteiger partial charge in [-0.05, 0) is 98.3 Å². The Balaban J connectivity index is 1.33. The van der Waals surface area contributed by atoms with Crippen molar-refractivity contribution in [1.82, 2.24) is 9.55 Å². The van der Waals surface area contributed by atoms with E-state index < -0.39 is 52.9 Å². The maximum atomic E-state index is 15.0. The lowest BCUT2D eigenvalue weighted by atomic mass is 9.77. The number of ether oxygens (including phenoxy) is 6. The maximum Gasteiger partial charge on any atom is 0.390 e. The van der Waals surface area contributed by atoms with E-state index in [4.69, 9.17) is 37.5 Å². The maximum absolute atomic E-state index is 15.0. The van der Waals surface area contributed by atoms with E-state index in [1.807, 2.05) is 85.8 Å². The lowest BCUT2D eigenvalue weighted by Gasteiger charge is -2.37. The van der Waals surface area contributed by atoms with E-state index in [2.05, 4.69) is 18.5 Å². The van der Waals surface area contributed by atoms with Crippen molar-refractivity contribution in [2.75, 3.05) is 41.2 Å². The Labute approximate surface area is 348 Å². The minimum absolute atomic E-state index is 0.0934. The molecule has 3 aliphatic rings. The lowest BCUT2D eigenvalue weighted by Crippen LogP contribution is -2.42. The van der Waals surface area contributed by atoms with Gasteiger partial charge in [-0.15, -0.1) is 0 Å². The highest BCUT2D eigenvalue weighted by molar-refractivity contribution is 8.56. The van der Waals surface area contributed by atoms with E-state index in [-0.39, 0.29) is 37.4 Å². The van der Waals surface area contributed by atoms with Gasteiger partial charge in [-0.3, -0.25) is 23.4 Å². The van der Waals surface area contributed by atoms with Crippen molar-refractivity contribution in [3.8, 4) is 11.5 Å². The summed E-state index contributed by atoms with van der Waals surface area (Å²) in [6, 6.07) is 25.1. The second kappa shape index (κ2) is 17.9. The van der Waals surface area contributed by atoms with E-state index in [1.165, 1.54) is 22.1 Å². The van der Waals surface area contributed by atoms with Gasteiger partial charge in [-0.2, -0.15) is 0 Å². The molecule has 2 saturated heterocycles. The van der Waals surface area contributed by atoms with E-state index in [1.54, 1.807) is 28.3 Å². The summed E-state index contributed by atoms with van der Waals surface area (Å²) in [4.78, 5) is 28.4. The van der Waals surface area contributed by atoms with Crippen molar-refractivity contribution >= 4 is 18.2 Å². The minimum atomic E-state index is -3.90. The summed E-state index contributed by atoms with van der Waals surface area (Å²) >= 11 is 1.22. The molecule has 3 heterocycles. The summed E-state index contributed by atoms with van der Waals surface area (Å²) in [6.07, 6.45) is -0.796. The molecule has 0 radical (unpaired) electrons. The van der Waals surface area contributed by atoms with Crippen LogP contribution in [0.5, 0.6) is 11.5 Å². The van der Waals surface area contributed by atoms with Gasteiger partial charge in [-0.25, -0.2) is 9.36 Å². The number of allylic oxidation sites excluding steroid dienone is 1. The van der Waals surface area contributed by atoms with Crippen LogP contribution in [0.15, 0.2) is 107 Å². The van der Waals surface area contributed by atoms with Gasteiger partial charge >= 0.3 is 12.5 Å². The molecule has 1 aliphatic carbocycles. The molecule has 4 aromatic rings. The van der Waals surface area contributed by atoms with Gasteiger partial charge in [-0.1, -0.05) is 66.7 Å². The smallest absolute Gasteiger partial charge is 0.390 e. The molecule has 13 nitrogen and oxygen atoms in total. The minimum Gasteiger partial charge on any atom is -0.497 e. The number of hydrogen-bond donors (Lipinski definition) is 1. The third-order valence-corrected chi connectivity index (χ3v) is 16.2. The number of H-pyrrole nitrogens is 1. The predicted molar refractivity (Wildman–Crippen MR) is 225 cm³/mol. The van der Waals surface area contributed by atoms with Crippen molar-refractivity contribution in [3.05, 3.63) is 140 Å². The number of hydrogen-bond acceptors (Lipinski definition) is 12. The molecule has 1 saturated carbocycles. The average Bonchev–Trinajstić information content (AvgIpc) is 3.71. The highest BCUT2D eigenvalue weighted by Gasteiger charge is 2.59. The SMILES string of the molecule is C=C(C)[C@@H]1CC[C@]2(C)S[P@](=O)(O[C@H]3[C@@H](OCCOC)[C@H](n4cc(C)c(=O)[nH]c4=O)O[C@@H]3COC(c3ccccc3)(c3ccc(OC)cc3)c3ccc(OC)cc3)O[C@H]2C1. The van der Waals surface area contributed by atoms with Crippen LogP contribution in [-0.4, -0.2) is 79.9 Å². The van der Waals surface area contributed by atoms with Crippen LogP contribution in [0.2, 0.25) is 0 Å². The number of fused-ring (bicyclic) bond motifs is 1. The van der Waals surface area contributed by atoms with Crippen LogP contribution in [-0.2, 0) is 38.2 Å². The van der Waals surface area contributed by atoms with Gasteiger partial charge in [0.2, 0.25) is 0 Å². The number of aromatic amines is 1. The van der Waals surface area contributed by atoms with Crippen LogP contribution in [0.3, 0.4) is 0 Å². The van der Waals surface area contributed by atoms with Gasteiger partial charge in [0.05, 0.1) is 44.9 Å². The lowest BCUT2D eigenvalue weighted by molar-refractivity contribution is -0.0991. The van der Waals surface area contributed by atoms with Crippen molar-refractivity contribution < 1.29 is 42.0 Å². The zero-order valence-corrected chi connectivity index (χ0v) is 36.0. The summed E-state index contributed by atoms with van der Waals surface area (Å²) < 4.78 is 65.9. The Bertz CT molecular complexity index is 2200. The third-order valence-electron chi connectivity index (χ3n) is 11.6. The average molecular weight is 849 g/mol. The van der Waals surface area contributed by atoms with Crippen LogP contribution in [0, 0.1) is 12.8 Å². The number of aryl methyl sites for hydroxylation is 1. The Hall–Kier alpha value is -3.98. The van der Waals surface area contributed by atoms with Gasteiger partial charge in [0, 0.05) is 18.9 Å². The van der Waals surface area contributed by atoms with Gasteiger partial charge in [0.25, 0.3) is 5.56 Å². The summed E-state index contributed by atoms with van der Waals surface area (Å²) in [5.74, 6) is 1.57. The molecule has 0 spiro atoms. The first-order chi connectivity index (χ1) is 28.3. The summed E-state index contributed by atoms with van der Waals surface area (Å²) in [5, 5.41) is 0. The number of rotatable bonds is 16. The van der Waals surface area contributed by atoms with E-state index in [9.17, 15) is 9.59 Å². The van der Waals surface area contributed by atoms with Crippen molar-refractivity contribution in [3.63, 3.8) is 0 Å². The molecular weight excluding hydrogens is 796 g/mol. The molecule has 1 N–H and O–H groups in total. The molecule has 1 aromatic heterocycles. The van der Waals surface area contributed by atoms with Crippen molar-refractivity contribution in [2.24, 2.45) is 5.92 Å². The molecule has 316 valence electrons. The first-order valence-corrected chi connectivity index (χ1v) is 22.7. The Morgan fingerprint density at radius 2 is 1.58 bits per heavy atom. The number of methoxy groups -OCH3 is 3. The summed E-state index contributed by atoms with van der Waals surface area (Å²) in [6.45, 7) is 6.14. The number of nitrogens with one attached hydrogen (secondary N) is 1. The molecule has 2 aliphatic heterocycles. The van der Waals surface area contributed by atoms with Crippen LogP contribution < -0.4 is 20.7 Å². The predicted octanol–water partition coefficient (Wildman–Crippen LogP) is 7.56. The molecule has 3 fully saturated rings. The highest BCUT2D eigenvalue weighted by atomic mass is 32.7. The van der Waals surface area contributed by atoms with E-state index >= 15 is 4.57 Å². The first kappa shape index (κ1) is 43.1. The molecule has 0 unspecified atom stereocenters. The standard InChI is InChI=1S/C44H53N2O11PS/c1-28(2)30-21-22-43(4)37(25-30)56-58(49,59-43)57-38-36(55-41(39(38)53-24-23-50-5)46-26-29(3)40(47)45-42(46)48)27-54-44(31-11-9-8-10-12-31,32-13-17-34(51-6)18-14-32)33-15-19-35(52-7)20-16-33/h8-20,26,30,36-39,41H,1,21-25,27H2,2-7H3,(H,45,47,48)/t30-,36-,37+,38-,39-,41-,43+,58+/m1/s1. The molecule has 15 heteroatoms. The van der Waals surface area contributed by atoms with Crippen molar-refractivity contribution in [1.29, 1.82) is 0 Å². The highest BCUT2D eigenvalue weighted by Crippen LogP contribution is 2.76. The summed E-state index contributed by atoms with van der Waals surface area (Å²) in [5.41, 5.74) is 1.27. The van der Waals surface area contributed by atoms with Gasteiger partial charge in [0.15, 0.2) is 6.23 Å². The topological polar surface area (TPSA) is 146 Å². The first-order valence-electron chi connectivity index (χ1n) is 19.7. The Morgan fingerprint density at radius 1 is 0.949 bits per heavy atom. The van der Waals surface area contributed by atoms with E-state index in [0.717, 1.165) is 35.1 Å². The molecular formula is C44H53N2O11PS. The second-order valence-corrected chi connectivity index (χ2v) is 19.8. The molecule has 7 rings (SSSR count). The zero-order chi connectivity index (χ0) is 42.0. The molecule has 8 atom stereocenters. The van der Waals surface area contributed by atoms with Gasteiger partial charge in [0.1, 0.15) is 35.4 Å². The van der Waals surface area contributed by atoms with E-state index in [0.29, 0.717) is 17.9 Å². The molecule has 59 heavy (non-hydrogen) atoms. The monoisotopic (exact) mass is 848 g/mol. The fourth-order valence-electron chi connectivity index (χ4n) is 8.28. The second-order valence-electron chi connectivity index (χ2n) is 15.5. The number of nitrogens with zero attached hydrogens (tertiary/aromatic N) is 1. The Kier molecular flexibility index (Phi) is 13.1. The van der Waals surface area contributed by atoms with Crippen LogP contribution in [0.4, 0.5) is 0 Å². The largest absolute Gasteiger partial charge is 0.497 e. The summed E-state index contributed by atoms with van der Waals surface area (Å²) in [7, 11) is 4.77. The Morgan fingerprint density at radius 3 is 2.17 bits per heavy atom. The van der Waals surface area contributed by atoms with Crippen molar-refractivity contribution in [2.45, 2.75) is 81.0 Å². The molecule has 0 amide bonds.